The van der Waals surface area contributed by atoms with E-state index in [1.54, 1.807) is 12.1 Å². The first-order chi connectivity index (χ1) is 15.6. The van der Waals surface area contributed by atoms with Gasteiger partial charge in [-0.15, -0.1) is 5.10 Å². The van der Waals surface area contributed by atoms with Gasteiger partial charge in [0.05, 0.1) is 10.5 Å². The highest BCUT2D eigenvalue weighted by Gasteiger charge is 2.30. The number of sulfonamides is 1. The van der Waals surface area contributed by atoms with Gasteiger partial charge in [0.2, 0.25) is 10.0 Å². The van der Waals surface area contributed by atoms with Crippen molar-refractivity contribution in [1.29, 1.82) is 0 Å². The summed E-state index contributed by atoms with van der Waals surface area (Å²) < 4.78 is 28.7. The van der Waals surface area contributed by atoms with E-state index in [4.69, 9.17) is 5.73 Å². The molecule has 1 aromatic heterocycles. The summed E-state index contributed by atoms with van der Waals surface area (Å²) in [6.07, 6.45) is 3.85. The maximum atomic E-state index is 12.9. The molecule has 0 saturated carbocycles. The number of aromatic nitrogens is 3. The lowest BCUT2D eigenvalue weighted by atomic mass is 10.1. The van der Waals surface area contributed by atoms with Crippen molar-refractivity contribution in [1.82, 2.24) is 19.1 Å². The number of amides is 1. The minimum absolute atomic E-state index is 0.196. The van der Waals surface area contributed by atoms with E-state index in [0.717, 1.165) is 23.1 Å². The molecule has 3 aromatic rings. The van der Waals surface area contributed by atoms with Crippen LogP contribution in [0.4, 0.5) is 0 Å². The van der Waals surface area contributed by atoms with Crippen LogP contribution in [0.2, 0.25) is 0 Å². The summed E-state index contributed by atoms with van der Waals surface area (Å²) in [4.78, 5) is 16.7. The molecule has 172 valence electrons. The third kappa shape index (κ3) is 4.89. The van der Waals surface area contributed by atoms with Crippen molar-refractivity contribution in [3.8, 4) is 11.4 Å². The molecule has 9 heteroatoms. The molecule has 8 nitrogen and oxygen atoms in total. The van der Waals surface area contributed by atoms with Crippen molar-refractivity contribution in [2.24, 2.45) is 11.7 Å². The van der Waals surface area contributed by atoms with Crippen LogP contribution in [0.25, 0.3) is 23.2 Å². The van der Waals surface area contributed by atoms with Crippen LogP contribution in [0, 0.1) is 19.8 Å². The van der Waals surface area contributed by atoms with Gasteiger partial charge in [0, 0.05) is 24.9 Å². The Bertz CT molecular complexity index is 1310. The second-order valence-corrected chi connectivity index (χ2v) is 10.6. The quantitative estimate of drug-likeness (QED) is 0.563. The first-order valence-corrected chi connectivity index (χ1v) is 12.2. The van der Waals surface area contributed by atoms with Gasteiger partial charge in [-0.05, 0) is 56.0 Å². The molecule has 1 amide bonds. The zero-order valence-electron chi connectivity index (χ0n) is 18.9. The van der Waals surface area contributed by atoms with Crippen LogP contribution >= 0.6 is 0 Å². The van der Waals surface area contributed by atoms with E-state index in [2.05, 4.69) is 16.1 Å². The summed E-state index contributed by atoms with van der Waals surface area (Å²) in [7, 11) is -3.56. The van der Waals surface area contributed by atoms with E-state index in [-0.39, 0.29) is 10.5 Å². The fourth-order valence-electron chi connectivity index (χ4n) is 4.05. The van der Waals surface area contributed by atoms with Crippen LogP contribution in [-0.4, -0.2) is 46.5 Å². The van der Waals surface area contributed by atoms with Crippen LogP contribution < -0.4 is 5.73 Å². The predicted molar refractivity (Wildman–Crippen MR) is 127 cm³/mol. The van der Waals surface area contributed by atoms with Crippen LogP contribution in [-0.2, 0) is 14.8 Å². The molecule has 2 heterocycles. The minimum atomic E-state index is -3.56. The molecule has 33 heavy (non-hydrogen) atoms. The van der Waals surface area contributed by atoms with E-state index >= 15 is 0 Å². The molecule has 0 radical (unpaired) electrons. The molecule has 2 aromatic carbocycles. The van der Waals surface area contributed by atoms with Crippen molar-refractivity contribution in [2.75, 3.05) is 13.1 Å². The summed E-state index contributed by atoms with van der Waals surface area (Å²) >= 11 is 0. The Kier molecular flexibility index (Phi) is 6.18. The van der Waals surface area contributed by atoms with Crippen LogP contribution in [0.15, 0.2) is 53.7 Å². The number of nitrogens with zero attached hydrogens (tertiary/aromatic N) is 4. The number of aryl methyl sites for hydroxylation is 2. The smallest absolute Gasteiger partial charge is 0.250 e. The molecule has 4 rings (SSSR count). The molecule has 0 spiro atoms. The lowest BCUT2D eigenvalue weighted by Crippen LogP contribution is -2.28. The number of benzene rings is 2. The number of rotatable bonds is 6. The van der Waals surface area contributed by atoms with Gasteiger partial charge in [-0.1, -0.05) is 36.2 Å². The average molecular weight is 466 g/mol. The Hall–Kier alpha value is -3.30. The Labute approximate surface area is 193 Å². The Morgan fingerprint density at radius 3 is 2.36 bits per heavy atom. The van der Waals surface area contributed by atoms with E-state index in [9.17, 15) is 13.2 Å². The van der Waals surface area contributed by atoms with Crippen LogP contribution in [0.1, 0.15) is 30.0 Å². The molecule has 1 aliphatic rings. The average Bonchev–Trinajstić information content (AvgIpc) is 3.41. The molecule has 0 aliphatic carbocycles. The zero-order chi connectivity index (χ0) is 23.8. The van der Waals surface area contributed by atoms with Crippen molar-refractivity contribution in [3.63, 3.8) is 0 Å². The van der Waals surface area contributed by atoms with Gasteiger partial charge < -0.3 is 5.73 Å². The normalized spacial score (nSPS) is 17.4. The monoisotopic (exact) mass is 465 g/mol. The summed E-state index contributed by atoms with van der Waals surface area (Å²) in [6.45, 7) is 7.09. The van der Waals surface area contributed by atoms with E-state index < -0.39 is 15.9 Å². The van der Waals surface area contributed by atoms with Crippen molar-refractivity contribution in [2.45, 2.75) is 32.1 Å². The Morgan fingerprint density at radius 2 is 1.79 bits per heavy atom. The summed E-state index contributed by atoms with van der Waals surface area (Å²) in [5.41, 5.74) is 9.41. The fourth-order valence-corrected chi connectivity index (χ4v) is 5.63. The second-order valence-electron chi connectivity index (χ2n) is 8.61. The summed E-state index contributed by atoms with van der Waals surface area (Å²) in [6, 6.07) is 12.2. The second kappa shape index (κ2) is 8.92. The van der Waals surface area contributed by atoms with Gasteiger partial charge in [-0.2, -0.15) is 4.31 Å². The van der Waals surface area contributed by atoms with Gasteiger partial charge in [-0.3, -0.25) is 4.79 Å². The van der Waals surface area contributed by atoms with Crippen molar-refractivity contribution in [3.05, 3.63) is 65.5 Å². The number of primary amides is 1. The fraction of sp³-hybridized carbons (Fsp3) is 0.292. The molecule has 1 atom stereocenters. The molecule has 1 saturated heterocycles. The van der Waals surface area contributed by atoms with Crippen LogP contribution in [0.3, 0.4) is 0 Å². The molecular formula is C24H27N5O3S. The highest BCUT2D eigenvalue weighted by Crippen LogP contribution is 2.26. The highest BCUT2D eigenvalue weighted by atomic mass is 32.2. The SMILES string of the molecule is Cc1cc(C)cc(-c2ncn(/C=C(/C(N)=O)c3ccc(S(=O)(=O)N4CC[C@@H](C)C4)cc3)n2)c1. The summed E-state index contributed by atoms with van der Waals surface area (Å²) in [5.74, 6) is 0.227. The number of hydrogen-bond donors (Lipinski definition) is 1. The standard InChI is InChI=1S/C24H27N5O3S/c1-16-8-9-29(13-16)33(31,32)21-6-4-19(5-7-21)22(23(25)30)14-28-15-26-24(27-28)20-11-17(2)10-18(3)12-20/h4-7,10-12,14-16H,8-9,13H2,1-3H3,(H2,25,30)/b22-14+/t16-/m1/s1. The first-order valence-electron chi connectivity index (χ1n) is 10.8. The maximum Gasteiger partial charge on any atom is 0.250 e. The van der Waals surface area contributed by atoms with Gasteiger partial charge in [-0.25, -0.2) is 18.1 Å². The topological polar surface area (TPSA) is 111 Å². The first kappa shape index (κ1) is 22.9. The van der Waals surface area contributed by atoms with E-state index in [1.165, 1.54) is 33.6 Å². The van der Waals surface area contributed by atoms with Crippen LogP contribution in [0.5, 0.6) is 0 Å². The number of carbonyl (C=O) groups excluding carboxylic acids is 1. The van der Waals surface area contributed by atoms with Gasteiger partial charge in [0.1, 0.15) is 6.33 Å². The third-order valence-electron chi connectivity index (χ3n) is 5.70. The molecule has 1 aliphatic heterocycles. The Morgan fingerprint density at radius 1 is 1.12 bits per heavy atom. The number of carbonyl (C=O) groups is 1. The van der Waals surface area contributed by atoms with Gasteiger partial charge in [0.15, 0.2) is 5.82 Å². The zero-order valence-corrected chi connectivity index (χ0v) is 19.7. The number of hydrogen-bond acceptors (Lipinski definition) is 5. The molecule has 1 fully saturated rings. The Balaban J connectivity index is 1.62. The minimum Gasteiger partial charge on any atom is -0.366 e. The van der Waals surface area contributed by atoms with E-state index in [0.29, 0.717) is 30.4 Å². The largest absolute Gasteiger partial charge is 0.366 e. The summed E-state index contributed by atoms with van der Waals surface area (Å²) in [5, 5.41) is 4.45. The molecule has 2 N–H and O–H groups in total. The molecule has 0 bridgehead atoms. The van der Waals surface area contributed by atoms with Crippen molar-refractivity contribution >= 4 is 27.7 Å². The maximum absolute atomic E-state index is 12.9. The van der Waals surface area contributed by atoms with Crippen molar-refractivity contribution < 1.29 is 13.2 Å². The van der Waals surface area contributed by atoms with Gasteiger partial charge >= 0.3 is 0 Å². The molecule has 0 unspecified atom stereocenters. The third-order valence-corrected chi connectivity index (χ3v) is 7.58. The number of nitrogens with two attached hydrogens (primary N) is 1. The van der Waals surface area contributed by atoms with Gasteiger partial charge in [0.25, 0.3) is 5.91 Å². The van der Waals surface area contributed by atoms with E-state index in [1.807, 2.05) is 32.9 Å². The molecular weight excluding hydrogens is 438 g/mol. The lowest BCUT2D eigenvalue weighted by Gasteiger charge is -2.16. The predicted octanol–water partition coefficient (Wildman–Crippen LogP) is 3.08. The highest BCUT2D eigenvalue weighted by molar-refractivity contribution is 7.89. The lowest BCUT2D eigenvalue weighted by molar-refractivity contribution is -0.112.